The second kappa shape index (κ2) is 6.09. The maximum absolute atomic E-state index is 9.77. The molecule has 0 bridgehead atoms. The predicted octanol–water partition coefficient (Wildman–Crippen LogP) is 0.209. The zero-order chi connectivity index (χ0) is 4.99. The van der Waals surface area contributed by atoms with Crippen LogP contribution in [0.2, 0.25) is 0 Å². The summed E-state index contributed by atoms with van der Waals surface area (Å²) in [5, 5.41) is 0. The third-order valence-corrected chi connectivity index (χ3v) is 0.372. The summed E-state index contributed by atoms with van der Waals surface area (Å²) in [5.41, 5.74) is 6.33. The Hall–Kier alpha value is 0.0923. The van der Waals surface area contributed by atoms with Crippen molar-refractivity contribution in [2.45, 2.75) is 0 Å². The fourth-order valence-corrected chi connectivity index (χ4v) is 0.0722. The van der Waals surface area contributed by atoms with Crippen molar-refractivity contribution in [1.29, 1.82) is 0 Å². The SMILES string of the molecule is COC(=O)C[NH-].[Re]. The van der Waals surface area contributed by atoms with E-state index >= 15 is 0 Å². The van der Waals surface area contributed by atoms with Gasteiger partial charge in [-0.1, -0.05) is 0 Å². The van der Waals surface area contributed by atoms with E-state index in [4.69, 9.17) is 5.73 Å². The summed E-state index contributed by atoms with van der Waals surface area (Å²) in [5.74, 6) is -0.491. The Kier molecular flexibility index (Phi) is 8.84. The molecule has 0 fully saturated rings. The van der Waals surface area contributed by atoms with Gasteiger partial charge < -0.3 is 10.5 Å². The average molecular weight is 274 g/mol. The number of hydrogen-bond acceptors (Lipinski definition) is 2. The van der Waals surface area contributed by atoms with Crippen LogP contribution in [0.4, 0.5) is 0 Å². The van der Waals surface area contributed by atoms with Crippen molar-refractivity contribution in [1.82, 2.24) is 0 Å². The minimum atomic E-state index is -0.491. The molecule has 0 aliphatic rings. The molecule has 43 valence electrons. The molecule has 3 nitrogen and oxygen atoms in total. The first kappa shape index (κ1) is 10.2. The van der Waals surface area contributed by atoms with E-state index in [1.807, 2.05) is 0 Å². The van der Waals surface area contributed by atoms with Gasteiger partial charge in [-0.3, -0.25) is 4.79 Å². The van der Waals surface area contributed by atoms with Crippen LogP contribution in [0.25, 0.3) is 5.73 Å². The molecule has 1 radical (unpaired) electrons. The van der Waals surface area contributed by atoms with Crippen LogP contribution in [0.1, 0.15) is 0 Å². The quantitative estimate of drug-likeness (QED) is 0.642. The van der Waals surface area contributed by atoms with Crippen LogP contribution in [-0.4, -0.2) is 19.6 Å². The number of methoxy groups -OCH3 is 1. The van der Waals surface area contributed by atoms with E-state index in [9.17, 15) is 4.79 Å². The van der Waals surface area contributed by atoms with Gasteiger partial charge in [0.2, 0.25) is 0 Å². The molecule has 0 saturated heterocycles. The third-order valence-electron chi connectivity index (χ3n) is 0.372. The van der Waals surface area contributed by atoms with Crippen LogP contribution in [-0.2, 0) is 30.0 Å². The Morgan fingerprint density at radius 2 is 2.29 bits per heavy atom. The second-order valence-electron chi connectivity index (χ2n) is 0.753. The number of carbonyl (C=O) groups excluding carboxylic acids is 1. The molecule has 0 atom stereocenters. The summed E-state index contributed by atoms with van der Waals surface area (Å²) in [6.07, 6.45) is 0. The van der Waals surface area contributed by atoms with E-state index in [1.165, 1.54) is 7.11 Å². The molecule has 0 saturated carbocycles. The van der Waals surface area contributed by atoms with Crippen LogP contribution in [0.3, 0.4) is 0 Å². The molecule has 0 spiro atoms. The van der Waals surface area contributed by atoms with Crippen LogP contribution in [0.5, 0.6) is 0 Å². The summed E-state index contributed by atoms with van der Waals surface area (Å²) in [7, 11) is 1.26. The molecule has 0 aliphatic heterocycles. The van der Waals surface area contributed by atoms with Crippen LogP contribution in [0.15, 0.2) is 0 Å². The minimum absolute atomic E-state index is 0. The Morgan fingerprint density at radius 1 is 1.86 bits per heavy atom. The number of ether oxygens (including phenoxy) is 1. The molecule has 0 heterocycles. The van der Waals surface area contributed by atoms with Gasteiger partial charge in [-0.05, 0) is 6.54 Å². The zero-order valence-corrected chi connectivity index (χ0v) is 6.62. The standard InChI is InChI=1S/C3H6NO2.Re/c1-6-3(5)2-4;/h4H,2H2,1H3;/q-1;. The summed E-state index contributed by atoms with van der Waals surface area (Å²) in [6, 6.07) is 0. The van der Waals surface area contributed by atoms with Crippen molar-refractivity contribution in [2.75, 3.05) is 13.7 Å². The molecule has 7 heavy (non-hydrogen) atoms. The van der Waals surface area contributed by atoms with E-state index in [0.29, 0.717) is 0 Å². The van der Waals surface area contributed by atoms with Gasteiger partial charge in [0.1, 0.15) is 0 Å². The average Bonchev–Trinajstić information content (AvgIpc) is 1.65. The molecular formula is C3H6NO2Re-. The van der Waals surface area contributed by atoms with Gasteiger partial charge >= 0.3 is 0 Å². The van der Waals surface area contributed by atoms with E-state index in [1.54, 1.807) is 0 Å². The third kappa shape index (κ3) is 6.09. The topological polar surface area (TPSA) is 50.1 Å². The van der Waals surface area contributed by atoms with Crippen molar-refractivity contribution in [3.8, 4) is 0 Å². The Balaban J connectivity index is 0. The smallest absolute Gasteiger partial charge is 0.284 e. The van der Waals surface area contributed by atoms with Gasteiger partial charge in [-0.15, -0.1) is 0 Å². The first-order chi connectivity index (χ1) is 2.81. The van der Waals surface area contributed by atoms with Crippen molar-refractivity contribution < 1.29 is 30.0 Å². The van der Waals surface area contributed by atoms with E-state index in [0.717, 1.165) is 0 Å². The van der Waals surface area contributed by atoms with E-state index < -0.39 is 5.97 Å². The molecule has 4 heteroatoms. The Labute approximate surface area is 55.9 Å². The van der Waals surface area contributed by atoms with Crippen molar-refractivity contribution in [3.63, 3.8) is 0 Å². The molecule has 1 N–H and O–H groups in total. The van der Waals surface area contributed by atoms with E-state index in [2.05, 4.69) is 4.74 Å². The summed E-state index contributed by atoms with van der Waals surface area (Å²) >= 11 is 0. The molecule has 0 aliphatic carbocycles. The maximum atomic E-state index is 9.77. The fourth-order valence-electron chi connectivity index (χ4n) is 0.0722. The number of carbonyl (C=O) groups is 1. The molecule has 0 unspecified atom stereocenters. The molecule has 0 aromatic carbocycles. The molecule has 0 amide bonds. The van der Waals surface area contributed by atoms with Gasteiger partial charge in [0.05, 0.1) is 7.11 Å². The second-order valence-corrected chi connectivity index (χ2v) is 0.753. The molecule has 0 aromatic heterocycles. The summed E-state index contributed by atoms with van der Waals surface area (Å²) in [4.78, 5) is 9.77. The van der Waals surface area contributed by atoms with Gasteiger partial charge in [-0.2, -0.15) is 0 Å². The first-order valence-corrected chi connectivity index (χ1v) is 1.52. The van der Waals surface area contributed by atoms with Crippen LogP contribution in [0, 0.1) is 0 Å². The first-order valence-electron chi connectivity index (χ1n) is 1.52. The van der Waals surface area contributed by atoms with E-state index in [-0.39, 0.29) is 27.0 Å². The van der Waals surface area contributed by atoms with Crippen LogP contribution < -0.4 is 0 Å². The Bertz CT molecular complexity index is 50.9. The number of hydrogen-bond donors (Lipinski definition) is 0. The number of esters is 1. The normalized spacial score (nSPS) is 6.57. The van der Waals surface area contributed by atoms with Crippen molar-refractivity contribution in [2.24, 2.45) is 0 Å². The largest absolute Gasteiger partial charge is 0.668 e. The van der Waals surface area contributed by atoms with Gasteiger partial charge in [0.15, 0.2) is 0 Å². The fraction of sp³-hybridized carbons (Fsp3) is 0.667. The monoisotopic (exact) mass is 275 g/mol. The maximum Gasteiger partial charge on any atom is 0.284 e. The predicted molar refractivity (Wildman–Crippen MR) is 21.2 cm³/mol. The summed E-state index contributed by atoms with van der Waals surface area (Å²) in [6.45, 7) is -0.281. The number of rotatable bonds is 1. The summed E-state index contributed by atoms with van der Waals surface area (Å²) < 4.78 is 4.07. The van der Waals surface area contributed by atoms with Gasteiger partial charge in [-0.25, -0.2) is 0 Å². The van der Waals surface area contributed by atoms with Crippen molar-refractivity contribution >= 4 is 5.97 Å². The van der Waals surface area contributed by atoms with Crippen LogP contribution >= 0.6 is 0 Å². The van der Waals surface area contributed by atoms with Crippen molar-refractivity contribution in [3.05, 3.63) is 5.73 Å². The Morgan fingerprint density at radius 3 is 2.29 bits per heavy atom. The van der Waals surface area contributed by atoms with Gasteiger partial charge in [0.25, 0.3) is 5.97 Å². The number of nitrogens with one attached hydrogen (secondary N) is 1. The molecule has 0 rings (SSSR count). The zero-order valence-electron chi connectivity index (χ0n) is 3.90. The molecular weight excluding hydrogens is 268 g/mol. The minimum Gasteiger partial charge on any atom is -0.668 e. The molecule has 0 aromatic rings. The van der Waals surface area contributed by atoms with Gasteiger partial charge in [0, 0.05) is 20.4 Å².